The molecule has 1 amide bonds. The quantitative estimate of drug-likeness (QED) is 0.309. The number of oxazole rings is 1. The molecule has 5 rings (SSSR count). The molecule has 0 unspecified atom stereocenters. The van der Waals surface area contributed by atoms with Crippen LogP contribution in [0.3, 0.4) is 0 Å². The van der Waals surface area contributed by atoms with E-state index in [1.165, 1.54) is 19.2 Å². The van der Waals surface area contributed by atoms with Gasteiger partial charge < -0.3 is 14.5 Å². The van der Waals surface area contributed by atoms with Crippen LogP contribution in [0.5, 0.6) is 5.75 Å². The van der Waals surface area contributed by atoms with Crippen LogP contribution in [0.15, 0.2) is 65.2 Å². The monoisotopic (exact) mass is 458 g/mol. The Morgan fingerprint density at radius 2 is 1.91 bits per heavy atom. The molecule has 0 atom stereocenters. The van der Waals surface area contributed by atoms with E-state index in [1.807, 2.05) is 0 Å². The van der Waals surface area contributed by atoms with Gasteiger partial charge in [-0.25, -0.2) is 4.98 Å². The maximum Gasteiger partial charge on any atom is 0.269 e. The van der Waals surface area contributed by atoms with E-state index >= 15 is 0 Å². The standard InChI is InChI=1S/C25H22N4O5/c1-33-20-11-6-16(23-28-22-21(34-23)5-4-14-26-22)15-19(20)27-24(30)25(12-2-3-13-25)17-7-9-18(10-8-17)29(31)32/h4-11,14-15H,2-3,12-13H2,1H3,(H,27,30). The summed E-state index contributed by atoms with van der Waals surface area (Å²) in [6, 6.07) is 15.1. The Morgan fingerprint density at radius 3 is 2.59 bits per heavy atom. The van der Waals surface area contributed by atoms with Gasteiger partial charge in [-0.15, -0.1) is 0 Å². The number of benzene rings is 2. The Bertz CT molecular complexity index is 1340. The molecule has 1 aliphatic carbocycles. The molecule has 2 heterocycles. The van der Waals surface area contributed by atoms with Crippen LogP contribution >= 0.6 is 0 Å². The number of carbonyl (C=O) groups is 1. The molecule has 0 saturated heterocycles. The van der Waals surface area contributed by atoms with Gasteiger partial charge in [0.15, 0.2) is 11.2 Å². The first-order valence-electron chi connectivity index (χ1n) is 11.0. The normalized spacial score (nSPS) is 14.7. The van der Waals surface area contributed by atoms with Crippen LogP contribution in [0.4, 0.5) is 11.4 Å². The first kappa shape index (κ1) is 21.6. The molecule has 0 aliphatic heterocycles. The van der Waals surface area contributed by atoms with Crippen LogP contribution in [0.2, 0.25) is 0 Å². The van der Waals surface area contributed by atoms with Gasteiger partial charge in [0.2, 0.25) is 11.8 Å². The molecule has 0 spiro atoms. The number of methoxy groups -OCH3 is 1. The van der Waals surface area contributed by atoms with E-state index in [0.29, 0.717) is 47.0 Å². The first-order chi connectivity index (χ1) is 16.5. The average molecular weight is 458 g/mol. The van der Waals surface area contributed by atoms with Gasteiger partial charge in [0.25, 0.3) is 5.69 Å². The van der Waals surface area contributed by atoms with Gasteiger partial charge in [-0.3, -0.25) is 14.9 Å². The van der Waals surface area contributed by atoms with Crippen LogP contribution in [-0.4, -0.2) is 27.9 Å². The number of carbonyl (C=O) groups excluding carboxylic acids is 1. The van der Waals surface area contributed by atoms with E-state index in [1.54, 1.807) is 48.7 Å². The number of rotatable bonds is 6. The molecule has 2 aromatic carbocycles. The molecule has 1 N–H and O–H groups in total. The van der Waals surface area contributed by atoms with Crippen LogP contribution in [0, 0.1) is 10.1 Å². The highest BCUT2D eigenvalue weighted by atomic mass is 16.6. The summed E-state index contributed by atoms with van der Waals surface area (Å²) in [6.45, 7) is 0. The number of nitrogens with one attached hydrogen (secondary N) is 1. The number of nitro benzene ring substituents is 1. The van der Waals surface area contributed by atoms with Gasteiger partial charge in [-0.1, -0.05) is 25.0 Å². The Balaban J connectivity index is 1.48. The third-order valence-electron chi connectivity index (χ3n) is 6.38. The van der Waals surface area contributed by atoms with Crippen molar-refractivity contribution in [3.8, 4) is 17.2 Å². The average Bonchev–Trinajstić information content (AvgIpc) is 3.52. The number of non-ortho nitro benzene ring substituents is 1. The molecule has 0 radical (unpaired) electrons. The highest BCUT2D eigenvalue weighted by Crippen LogP contribution is 2.43. The molecule has 172 valence electrons. The minimum absolute atomic E-state index is 0.000463. The molecule has 4 aromatic rings. The number of ether oxygens (including phenoxy) is 1. The summed E-state index contributed by atoms with van der Waals surface area (Å²) in [4.78, 5) is 32.9. The van der Waals surface area contributed by atoms with Gasteiger partial charge in [-0.2, -0.15) is 4.98 Å². The maximum absolute atomic E-state index is 13.7. The predicted molar refractivity (Wildman–Crippen MR) is 126 cm³/mol. The lowest BCUT2D eigenvalue weighted by Gasteiger charge is -2.28. The topological polar surface area (TPSA) is 120 Å². The van der Waals surface area contributed by atoms with E-state index in [0.717, 1.165) is 18.4 Å². The number of amides is 1. The minimum Gasteiger partial charge on any atom is -0.495 e. The predicted octanol–water partition coefficient (Wildman–Crippen LogP) is 5.26. The molecular formula is C25H22N4O5. The molecule has 9 nitrogen and oxygen atoms in total. The highest BCUT2D eigenvalue weighted by Gasteiger charge is 2.43. The summed E-state index contributed by atoms with van der Waals surface area (Å²) >= 11 is 0. The third-order valence-corrected chi connectivity index (χ3v) is 6.38. The maximum atomic E-state index is 13.7. The van der Waals surface area contributed by atoms with Crippen LogP contribution < -0.4 is 10.1 Å². The smallest absolute Gasteiger partial charge is 0.269 e. The second-order valence-corrected chi connectivity index (χ2v) is 8.31. The van der Waals surface area contributed by atoms with Crippen LogP contribution in [0.1, 0.15) is 31.2 Å². The van der Waals surface area contributed by atoms with Crippen molar-refractivity contribution in [2.75, 3.05) is 12.4 Å². The summed E-state index contributed by atoms with van der Waals surface area (Å²) in [7, 11) is 1.54. The second-order valence-electron chi connectivity index (χ2n) is 8.31. The molecule has 1 aliphatic rings. The lowest BCUT2D eigenvalue weighted by atomic mass is 9.78. The van der Waals surface area contributed by atoms with Crippen molar-refractivity contribution < 1.29 is 18.9 Å². The molecule has 34 heavy (non-hydrogen) atoms. The number of pyridine rings is 1. The van der Waals surface area contributed by atoms with E-state index < -0.39 is 10.3 Å². The zero-order valence-corrected chi connectivity index (χ0v) is 18.5. The third kappa shape index (κ3) is 3.75. The van der Waals surface area contributed by atoms with Crippen LogP contribution in [0.25, 0.3) is 22.7 Å². The Kier molecular flexibility index (Phi) is 5.45. The van der Waals surface area contributed by atoms with E-state index in [9.17, 15) is 14.9 Å². The van der Waals surface area contributed by atoms with Crippen molar-refractivity contribution in [1.82, 2.24) is 9.97 Å². The fourth-order valence-electron chi connectivity index (χ4n) is 4.60. The number of anilines is 1. The number of fused-ring (bicyclic) bond motifs is 1. The summed E-state index contributed by atoms with van der Waals surface area (Å²) < 4.78 is 11.3. The van der Waals surface area contributed by atoms with Crippen molar-refractivity contribution in [2.24, 2.45) is 0 Å². The van der Waals surface area contributed by atoms with Crippen molar-refractivity contribution in [2.45, 2.75) is 31.1 Å². The van der Waals surface area contributed by atoms with E-state index in [4.69, 9.17) is 9.15 Å². The largest absolute Gasteiger partial charge is 0.495 e. The fraction of sp³-hybridized carbons (Fsp3) is 0.240. The summed E-state index contributed by atoms with van der Waals surface area (Å²) in [6.07, 6.45) is 4.77. The SMILES string of the molecule is COc1ccc(-c2nc3ncccc3o2)cc1NC(=O)C1(c2ccc([N+](=O)[O-])cc2)CCCC1. The van der Waals surface area contributed by atoms with Gasteiger partial charge in [-0.05, 0) is 48.7 Å². The zero-order valence-electron chi connectivity index (χ0n) is 18.5. The van der Waals surface area contributed by atoms with Gasteiger partial charge >= 0.3 is 0 Å². The summed E-state index contributed by atoms with van der Waals surface area (Å²) in [5.74, 6) is 0.717. The van der Waals surface area contributed by atoms with Gasteiger partial charge in [0.1, 0.15) is 5.75 Å². The van der Waals surface area contributed by atoms with Crippen molar-refractivity contribution >= 4 is 28.5 Å². The molecular weight excluding hydrogens is 436 g/mol. The zero-order chi connectivity index (χ0) is 23.7. The molecule has 2 aromatic heterocycles. The number of nitrogens with zero attached hydrogens (tertiary/aromatic N) is 3. The lowest BCUT2D eigenvalue weighted by molar-refractivity contribution is -0.384. The summed E-state index contributed by atoms with van der Waals surface area (Å²) in [5.41, 5.74) is 2.24. The number of aromatic nitrogens is 2. The second kappa shape index (κ2) is 8.58. The molecule has 1 fully saturated rings. The van der Waals surface area contributed by atoms with Crippen molar-refractivity contribution in [3.63, 3.8) is 0 Å². The van der Waals surface area contributed by atoms with E-state index in [-0.39, 0.29) is 11.6 Å². The number of nitro groups is 1. The highest BCUT2D eigenvalue weighted by molar-refractivity contribution is 6.01. The fourth-order valence-corrected chi connectivity index (χ4v) is 4.60. The Morgan fingerprint density at radius 1 is 1.15 bits per heavy atom. The Labute approximate surface area is 194 Å². The van der Waals surface area contributed by atoms with Crippen molar-refractivity contribution in [1.29, 1.82) is 0 Å². The summed E-state index contributed by atoms with van der Waals surface area (Å²) in [5, 5.41) is 14.1. The van der Waals surface area contributed by atoms with Crippen LogP contribution in [-0.2, 0) is 10.2 Å². The number of hydrogen-bond donors (Lipinski definition) is 1. The minimum atomic E-state index is -0.766. The molecule has 9 heteroatoms. The molecule has 1 saturated carbocycles. The van der Waals surface area contributed by atoms with Gasteiger partial charge in [0.05, 0.1) is 23.1 Å². The lowest BCUT2D eigenvalue weighted by Crippen LogP contribution is -2.38. The first-order valence-corrected chi connectivity index (χ1v) is 11.0. The molecule has 0 bridgehead atoms. The van der Waals surface area contributed by atoms with E-state index in [2.05, 4.69) is 15.3 Å². The Hall–Kier alpha value is -4.27. The number of hydrogen-bond acceptors (Lipinski definition) is 7. The van der Waals surface area contributed by atoms with Gasteiger partial charge in [0, 0.05) is 23.9 Å². The van der Waals surface area contributed by atoms with Crippen molar-refractivity contribution in [3.05, 3.63) is 76.5 Å².